The van der Waals surface area contributed by atoms with Crippen molar-refractivity contribution in [3.63, 3.8) is 0 Å². The smallest absolute Gasteiger partial charge is 0.195 e. The van der Waals surface area contributed by atoms with Crippen molar-refractivity contribution in [2.24, 2.45) is 22.7 Å². The lowest BCUT2D eigenvalue weighted by Crippen LogP contribution is -2.69. The summed E-state index contributed by atoms with van der Waals surface area (Å²) in [4.78, 5) is 24.0. The third-order valence-electron chi connectivity index (χ3n) is 8.38. The van der Waals surface area contributed by atoms with E-state index in [1.54, 1.807) is 19.9 Å². The van der Waals surface area contributed by atoms with E-state index >= 15 is 4.39 Å². The molecule has 3 saturated carbocycles. The number of aliphatic hydroxyl groups excluding tert-OH is 1. The fourth-order valence-electron chi connectivity index (χ4n) is 6.78. The summed E-state index contributed by atoms with van der Waals surface area (Å²) in [5.74, 6) is -1.97. The van der Waals surface area contributed by atoms with E-state index < -0.39 is 46.6 Å². The van der Waals surface area contributed by atoms with Crippen molar-refractivity contribution in [2.45, 2.75) is 63.3 Å². The van der Waals surface area contributed by atoms with Crippen LogP contribution in [0.5, 0.6) is 0 Å². The summed E-state index contributed by atoms with van der Waals surface area (Å²) in [6, 6.07) is 0. The van der Waals surface area contributed by atoms with E-state index in [9.17, 15) is 24.2 Å². The SMILES string of the molecule is C[C@]12C=CC(=O)C=C1CC[C@H]1[C@@H]3CC[C@](O)(C(=O)CF)[C@@]3(C)CC(O)[C@@]12F. The number of rotatable bonds is 2. The molecule has 1 unspecified atom stereocenters. The van der Waals surface area contributed by atoms with Crippen molar-refractivity contribution in [3.05, 3.63) is 23.8 Å². The first-order chi connectivity index (χ1) is 12.5. The van der Waals surface area contributed by atoms with Crippen LogP contribution in [0.15, 0.2) is 23.8 Å². The van der Waals surface area contributed by atoms with Crippen molar-refractivity contribution in [1.82, 2.24) is 0 Å². The average Bonchev–Trinajstić information content (AvgIpc) is 2.88. The van der Waals surface area contributed by atoms with Gasteiger partial charge in [-0.15, -0.1) is 0 Å². The van der Waals surface area contributed by atoms with Crippen LogP contribution < -0.4 is 0 Å². The molecule has 4 rings (SSSR count). The van der Waals surface area contributed by atoms with E-state index in [0.717, 1.165) is 0 Å². The normalized spacial score (nSPS) is 51.3. The fraction of sp³-hybridized carbons (Fsp3) is 0.714. The zero-order valence-electron chi connectivity index (χ0n) is 15.7. The fourth-order valence-corrected chi connectivity index (χ4v) is 6.78. The van der Waals surface area contributed by atoms with Crippen molar-refractivity contribution in [1.29, 1.82) is 0 Å². The van der Waals surface area contributed by atoms with Crippen molar-refractivity contribution in [2.75, 3.05) is 6.67 Å². The maximum Gasteiger partial charge on any atom is 0.195 e. The molecule has 4 aliphatic carbocycles. The number of Topliss-reactive ketones (excluding diaryl/α,β-unsaturated/α-hetero) is 1. The molecular weight excluding hydrogens is 354 g/mol. The third kappa shape index (κ3) is 2.03. The minimum atomic E-state index is -2.00. The summed E-state index contributed by atoms with van der Waals surface area (Å²) >= 11 is 0. The standard InChI is InChI=1S/C21H26F2O4/c1-18-7-5-13(24)9-12(18)3-4-15-14-6-8-20(27,17(26)11-22)19(14,2)10-16(25)21(15,18)23/h5,7,9,14-16,25,27H,3-4,6,8,10-11H2,1-2H3/t14-,15-,16?,18-,19-,20-,21-/m0/s1. The Morgan fingerprint density at radius 3 is 2.67 bits per heavy atom. The number of carbonyl (C=O) groups excluding carboxylic acids is 2. The molecule has 0 spiro atoms. The summed E-state index contributed by atoms with van der Waals surface area (Å²) < 4.78 is 29.8. The number of fused-ring (bicyclic) bond motifs is 5. The molecule has 0 amide bonds. The molecule has 0 bridgehead atoms. The van der Waals surface area contributed by atoms with Gasteiger partial charge in [0.1, 0.15) is 5.60 Å². The van der Waals surface area contributed by atoms with Gasteiger partial charge in [0.05, 0.1) is 6.10 Å². The van der Waals surface area contributed by atoms with Gasteiger partial charge in [0.2, 0.25) is 0 Å². The summed E-state index contributed by atoms with van der Waals surface area (Å²) in [7, 11) is 0. The second-order valence-corrected chi connectivity index (χ2v) is 9.22. The van der Waals surface area contributed by atoms with Crippen LogP contribution in [0.3, 0.4) is 0 Å². The van der Waals surface area contributed by atoms with Crippen molar-refractivity contribution in [3.8, 4) is 0 Å². The Bertz CT molecular complexity index is 776. The van der Waals surface area contributed by atoms with Crippen LogP contribution in [0.25, 0.3) is 0 Å². The van der Waals surface area contributed by atoms with E-state index in [-0.39, 0.29) is 24.5 Å². The minimum Gasteiger partial charge on any atom is -0.390 e. The Labute approximate surface area is 157 Å². The second kappa shape index (κ2) is 5.57. The van der Waals surface area contributed by atoms with Gasteiger partial charge in [0, 0.05) is 16.7 Å². The first-order valence-electron chi connectivity index (χ1n) is 9.67. The molecule has 2 N–H and O–H groups in total. The second-order valence-electron chi connectivity index (χ2n) is 9.22. The number of hydrogen-bond donors (Lipinski definition) is 2. The average molecular weight is 380 g/mol. The third-order valence-corrected chi connectivity index (χ3v) is 8.38. The highest BCUT2D eigenvalue weighted by molar-refractivity contribution is 6.01. The topological polar surface area (TPSA) is 74.6 Å². The predicted octanol–water partition coefficient (Wildman–Crippen LogP) is 2.63. The van der Waals surface area contributed by atoms with Gasteiger partial charge in [-0.1, -0.05) is 18.6 Å². The summed E-state index contributed by atoms with van der Waals surface area (Å²) in [5, 5.41) is 22.0. The van der Waals surface area contributed by atoms with Gasteiger partial charge in [0.25, 0.3) is 0 Å². The van der Waals surface area contributed by atoms with Gasteiger partial charge in [-0.2, -0.15) is 0 Å². The highest BCUT2D eigenvalue weighted by Gasteiger charge is 2.74. The summed E-state index contributed by atoms with van der Waals surface area (Å²) in [6.07, 6.45) is 4.31. The largest absolute Gasteiger partial charge is 0.390 e. The van der Waals surface area contributed by atoms with Gasteiger partial charge in [-0.3, -0.25) is 9.59 Å². The Morgan fingerprint density at radius 2 is 2.00 bits per heavy atom. The molecule has 3 fully saturated rings. The van der Waals surface area contributed by atoms with Gasteiger partial charge in [-0.25, -0.2) is 8.78 Å². The number of ketones is 2. The van der Waals surface area contributed by atoms with Crippen LogP contribution in [0, 0.1) is 22.7 Å². The quantitative estimate of drug-likeness (QED) is 0.772. The Balaban J connectivity index is 1.81. The molecule has 7 atom stereocenters. The van der Waals surface area contributed by atoms with Gasteiger partial charge < -0.3 is 10.2 Å². The van der Waals surface area contributed by atoms with E-state index in [0.29, 0.717) is 24.8 Å². The number of hydrogen-bond acceptors (Lipinski definition) is 4. The van der Waals surface area contributed by atoms with Gasteiger partial charge in [0.15, 0.2) is 23.9 Å². The zero-order chi connectivity index (χ0) is 19.8. The summed E-state index contributed by atoms with van der Waals surface area (Å²) in [5.41, 5.74) is -5.35. The zero-order valence-corrected chi connectivity index (χ0v) is 15.7. The van der Waals surface area contributed by atoms with E-state index in [4.69, 9.17) is 0 Å². The molecule has 0 heterocycles. The Kier molecular flexibility index (Phi) is 3.91. The minimum absolute atomic E-state index is 0.0873. The number of alkyl halides is 2. The lowest BCUT2D eigenvalue weighted by atomic mass is 9.44. The molecule has 27 heavy (non-hydrogen) atoms. The van der Waals surface area contributed by atoms with Crippen LogP contribution in [-0.4, -0.2) is 45.8 Å². The maximum atomic E-state index is 16.7. The number of halogens is 2. The molecule has 6 heteroatoms. The first-order valence-corrected chi connectivity index (χ1v) is 9.67. The number of aliphatic hydroxyl groups is 2. The molecule has 148 valence electrons. The monoisotopic (exact) mass is 380 g/mol. The van der Waals surface area contributed by atoms with Crippen LogP contribution in [0.4, 0.5) is 8.78 Å². The molecule has 0 aliphatic heterocycles. The molecule has 0 aromatic heterocycles. The molecule has 4 nitrogen and oxygen atoms in total. The maximum absolute atomic E-state index is 16.7. The molecule has 0 aromatic carbocycles. The first kappa shape index (κ1) is 18.9. The highest BCUT2D eigenvalue weighted by Crippen LogP contribution is 2.69. The molecule has 0 saturated heterocycles. The predicted molar refractivity (Wildman–Crippen MR) is 94.3 cm³/mol. The van der Waals surface area contributed by atoms with Crippen LogP contribution in [0.2, 0.25) is 0 Å². The van der Waals surface area contributed by atoms with E-state index in [1.165, 1.54) is 12.2 Å². The highest BCUT2D eigenvalue weighted by atomic mass is 19.1. The number of carbonyl (C=O) groups is 2. The van der Waals surface area contributed by atoms with Gasteiger partial charge in [-0.05, 0) is 57.1 Å². The van der Waals surface area contributed by atoms with Crippen molar-refractivity contribution < 1.29 is 28.6 Å². The van der Waals surface area contributed by atoms with Crippen LogP contribution in [0.1, 0.15) is 46.0 Å². The molecule has 0 aromatic rings. The van der Waals surface area contributed by atoms with Crippen LogP contribution in [-0.2, 0) is 9.59 Å². The van der Waals surface area contributed by atoms with Gasteiger partial charge >= 0.3 is 0 Å². The van der Waals surface area contributed by atoms with E-state index in [2.05, 4.69) is 0 Å². The lowest BCUT2D eigenvalue weighted by molar-refractivity contribution is -0.216. The molecule has 0 radical (unpaired) electrons. The van der Waals surface area contributed by atoms with Crippen molar-refractivity contribution >= 4 is 11.6 Å². The van der Waals surface area contributed by atoms with Crippen LogP contribution >= 0.6 is 0 Å². The lowest BCUT2D eigenvalue weighted by Gasteiger charge is -2.62. The molecular formula is C21H26F2O4. The van der Waals surface area contributed by atoms with E-state index in [1.807, 2.05) is 0 Å². The molecule has 4 aliphatic rings. The number of allylic oxidation sites excluding steroid dienone is 4. The summed E-state index contributed by atoms with van der Waals surface area (Å²) in [6.45, 7) is 2.14. The Morgan fingerprint density at radius 1 is 1.30 bits per heavy atom. The Hall–Kier alpha value is -1.40.